The van der Waals surface area contributed by atoms with Crippen LogP contribution in [0, 0.1) is 5.82 Å². The van der Waals surface area contributed by atoms with Crippen molar-refractivity contribution in [3.05, 3.63) is 95.8 Å². The van der Waals surface area contributed by atoms with Crippen molar-refractivity contribution in [2.24, 2.45) is 0 Å². The number of carbonyl (C=O) groups excluding carboxylic acids is 1. The first-order valence-corrected chi connectivity index (χ1v) is 9.66. The van der Waals surface area contributed by atoms with E-state index in [1.54, 1.807) is 30.3 Å². The third-order valence-corrected chi connectivity index (χ3v) is 4.44. The van der Waals surface area contributed by atoms with Crippen molar-refractivity contribution < 1.29 is 28.6 Å². The highest BCUT2D eigenvalue weighted by molar-refractivity contribution is 5.84. The Hall–Kier alpha value is -3.87. The summed E-state index contributed by atoms with van der Waals surface area (Å²) in [6, 6.07) is 21.2. The SMILES string of the molecule is O=C(COc1ccccc1F)N[C@@H](Cc1ccc(OCc2ccccc2)cc1)C(=O)O. The van der Waals surface area contributed by atoms with E-state index in [-0.39, 0.29) is 12.2 Å². The molecule has 0 aliphatic carbocycles. The monoisotopic (exact) mass is 423 g/mol. The Morgan fingerprint density at radius 1 is 0.871 bits per heavy atom. The number of ether oxygens (including phenoxy) is 2. The van der Waals surface area contributed by atoms with E-state index in [0.29, 0.717) is 12.4 Å². The number of para-hydroxylation sites is 1. The van der Waals surface area contributed by atoms with E-state index in [1.165, 1.54) is 18.2 Å². The topological polar surface area (TPSA) is 84.9 Å². The first-order valence-electron chi connectivity index (χ1n) is 9.66. The van der Waals surface area contributed by atoms with E-state index in [1.807, 2.05) is 30.3 Å². The third-order valence-electron chi connectivity index (χ3n) is 4.44. The Morgan fingerprint density at radius 2 is 1.55 bits per heavy atom. The fraction of sp³-hybridized carbons (Fsp3) is 0.167. The van der Waals surface area contributed by atoms with Crippen LogP contribution in [0.25, 0.3) is 0 Å². The van der Waals surface area contributed by atoms with Crippen LogP contribution in [0.15, 0.2) is 78.9 Å². The molecule has 160 valence electrons. The van der Waals surface area contributed by atoms with Gasteiger partial charge in [-0.25, -0.2) is 9.18 Å². The number of aliphatic carboxylic acids is 1. The molecule has 0 spiro atoms. The minimum atomic E-state index is -1.18. The summed E-state index contributed by atoms with van der Waals surface area (Å²) in [6.07, 6.45) is 0.0831. The lowest BCUT2D eigenvalue weighted by molar-refractivity contribution is -0.142. The van der Waals surface area contributed by atoms with Crippen LogP contribution < -0.4 is 14.8 Å². The van der Waals surface area contributed by atoms with Crippen molar-refractivity contribution in [3.8, 4) is 11.5 Å². The lowest BCUT2D eigenvalue weighted by Crippen LogP contribution is -2.44. The molecule has 0 aromatic heterocycles. The van der Waals surface area contributed by atoms with Crippen LogP contribution in [0.4, 0.5) is 4.39 Å². The number of rotatable bonds is 10. The second kappa shape index (κ2) is 10.8. The third kappa shape index (κ3) is 6.85. The van der Waals surface area contributed by atoms with Crippen molar-refractivity contribution >= 4 is 11.9 Å². The molecule has 31 heavy (non-hydrogen) atoms. The van der Waals surface area contributed by atoms with Crippen molar-refractivity contribution in [2.75, 3.05) is 6.61 Å². The molecular weight excluding hydrogens is 401 g/mol. The molecule has 0 saturated heterocycles. The van der Waals surface area contributed by atoms with E-state index in [9.17, 15) is 19.1 Å². The number of nitrogens with one attached hydrogen (secondary N) is 1. The van der Waals surface area contributed by atoms with Gasteiger partial charge in [0.25, 0.3) is 5.91 Å². The predicted molar refractivity (Wildman–Crippen MR) is 112 cm³/mol. The minimum absolute atomic E-state index is 0.0735. The Kier molecular flexibility index (Phi) is 7.59. The highest BCUT2D eigenvalue weighted by Gasteiger charge is 2.21. The van der Waals surface area contributed by atoms with Gasteiger partial charge in [-0.2, -0.15) is 0 Å². The molecule has 3 aromatic carbocycles. The quantitative estimate of drug-likeness (QED) is 0.521. The zero-order valence-electron chi connectivity index (χ0n) is 16.7. The van der Waals surface area contributed by atoms with Crippen molar-refractivity contribution in [3.63, 3.8) is 0 Å². The zero-order valence-corrected chi connectivity index (χ0v) is 16.7. The summed E-state index contributed by atoms with van der Waals surface area (Å²) in [5.41, 5.74) is 1.76. The number of hydrogen-bond donors (Lipinski definition) is 2. The van der Waals surface area contributed by atoms with Crippen LogP contribution in [0.5, 0.6) is 11.5 Å². The maximum atomic E-state index is 13.5. The Bertz CT molecular complexity index is 1010. The molecule has 0 unspecified atom stereocenters. The summed E-state index contributed by atoms with van der Waals surface area (Å²) >= 11 is 0. The van der Waals surface area contributed by atoms with Gasteiger partial charge >= 0.3 is 5.97 Å². The number of carbonyl (C=O) groups is 2. The number of hydrogen-bond acceptors (Lipinski definition) is 4. The van der Waals surface area contributed by atoms with Crippen molar-refractivity contribution in [1.29, 1.82) is 0 Å². The normalized spacial score (nSPS) is 11.4. The average molecular weight is 423 g/mol. The molecular formula is C24H22FNO5. The Balaban J connectivity index is 1.51. The van der Waals surface area contributed by atoms with Crippen LogP contribution in [0.3, 0.4) is 0 Å². The molecule has 0 heterocycles. The second-order valence-corrected chi connectivity index (χ2v) is 6.80. The van der Waals surface area contributed by atoms with Gasteiger partial charge in [0.1, 0.15) is 18.4 Å². The smallest absolute Gasteiger partial charge is 0.326 e. The minimum Gasteiger partial charge on any atom is -0.489 e. The molecule has 3 aromatic rings. The molecule has 0 saturated carbocycles. The van der Waals surface area contributed by atoms with Crippen LogP contribution >= 0.6 is 0 Å². The molecule has 0 radical (unpaired) electrons. The lowest BCUT2D eigenvalue weighted by atomic mass is 10.1. The van der Waals surface area contributed by atoms with E-state index in [0.717, 1.165) is 11.1 Å². The predicted octanol–water partition coefficient (Wildman–Crippen LogP) is 3.60. The molecule has 0 aliphatic rings. The van der Waals surface area contributed by atoms with Crippen molar-refractivity contribution in [2.45, 2.75) is 19.1 Å². The maximum absolute atomic E-state index is 13.5. The molecule has 7 heteroatoms. The van der Waals surface area contributed by atoms with E-state index in [4.69, 9.17) is 9.47 Å². The highest BCUT2D eigenvalue weighted by Crippen LogP contribution is 2.16. The second-order valence-electron chi connectivity index (χ2n) is 6.80. The molecule has 0 bridgehead atoms. The van der Waals surface area contributed by atoms with Crippen molar-refractivity contribution in [1.82, 2.24) is 5.32 Å². The summed E-state index contributed by atoms with van der Waals surface area (Å²) in [5, 5.41) is 11.8. The summed E-state index contributed by atoms with van der Waals surface area (Å²) in [7, 11) is 0. The van der Waals surface area contributed by atoms with Crippen LogP contribution in [0.1, 0.15) is 11.1 Å². The summed E-state index contributed by atoms with van der Waals surface area (Å²) in [5.74, 6) is -1.85. The Labute approximate surface area is 179 Å². The average Bonchev–Trinajstić information content (AvgIpc) is 2.78. The lowest BCUT2D eigenvalue weighted by Gasteiger charge is -2.15. The number of carboxylic acids is 1. The van der Waals surface area contributed by atoms with Gasteiger partial charge in [-0.05, 0) is 35.4 Å². The summed E-state index contributed by atoms with van der Waals surface area (Å²) in [4.78, 5) is 23.6. The summed E-state index contributed by atoms with van der Waals surface area (Å²) < 4.78 is 24.4. The first-order chi connectivity index (χ1) is 15.0. The largest absolute Gasteiger partial charge is 0.489 e. The van der Waals surface area contributed by atoms with Gasteiger partial charge < -0.3 is 19.9 Å². The standard InChI is InChI=1S/C24H22FNO5/c25-20-8-4-5-9-22(20)31-16-23(27)26-21(24(28)29)14-17-10-12-19(13-11-17)30-15-18-6-2-1-3-7-18/h1-13,21H,14-16H2,(H,26,27)(H,28,29)/t21-/m0/s1. The van der Waals surface area contributed by atoms with Gasteiger partial charge in [0.2, 0.25) is 0 Å². The van der Waals surface area contributed by atoms with Crippen LogP contribution in [-0.2, 0) is 22.6 Å². The number of halogens is 1. The molecule has 1 atom stereocenters. The van der Waals surface area contributed by atoms with Gasteiger partial charge in [-0.3, -0.25) is 4.79 Å². The highest BCUT2D eigenvalue weighted by atomic mass is 19.1. The zero-order chi connectivity index (χ0) is 22.1. The van der Waals surface area contributed by atoms with E-state index < -0.39 is 30.3 Å². The van der Waals surface area contributed by atoms with Crippen LogP contribution in [0.2, 0.25) is 0 Å². The molecule has 0 aliphatic heterocycles. The first kappa shape index (κ1) is 21.8. The Morgan fingerprint density at radius 3 is 2.23 bits per heavy atom. The number of amides is 1. The van der Waals surface area contributed by atoms with Gasteiger partial charge in [-0.15, -0.1) is 0 Å². The number of benzene rings is 3. The maximum Gasteiger partial charge on any atom is 0.326 e. The molecule has 1 amide bonds. The van der Waals surface area contributed by atoms with Gasteiger partial charge in [0.05, 0.1) is 0 Å². The molecule has 6 nitrogen and oxygen atoms in total. The number of carboxylic acid groups (broad SMARTS) is 1. The molecule has 2 N–H and O–H groups in total. The fourth-order valence-corrected chi connectivity index (χ4v) is 2.84. The fourth-order valence-electron chi connectivity index (χ4n) is 2.84. The van der Waals surface area contributed by atoms with Gasteiger partial charge in [0.15, 0.2) is 18.2 Å². The van der Waals surface area contributed by atoms with Crippen LogP contribution in [-0.4, -0.2) is 29.6 Å². The summed E-state index contributed by atoms with van der Waals surface area (Å²) in [6.45, 7) is -0.0625. The molecule has 3 rings (SSSR count). The van der Waals surface area contributed by atoms with Gasteiger partial charge in [0, 0.05) is 6.42 Å². The van der Waals surface area contributed by atoms with E-state index in [2.05, 4.69) is 5.32 Å². The molecule has 0 fully saturated rings. The van der Waals surface area contributed by atoms with E-state index >= 15 is 0 Å². The van der Waals surface area contributed by atoms with Gasteiger partial charge in [-0.1, -0.05) is 54.6 Å².